The van der Waals surface area contributed by atoms with Crippen LogP contribution >= 0.6 is 0 Å². The van der Waals surface area contributed by atoms with Crippen molar-refractivity contribution in [1.82, 2.24) is 5.32 Å². The maximum atomic E-state index is 12.8. The minimum Gasteiger partial charge on any atom is -0.491 e. The van der Waals surface area contributed by atoms with Crippen LogP contribution in [0.4, 0.5) is 14.9 Å². The molecule has 0 aromatic heterocycles. The summed E-state index contributed by atoms with van der Waals surface area (Å²) in [7, 11) is 0. The number of rotatable bonds is 5. The number of ether oxygens (including phenoxy) is 1. The second-order valence-electron chi connectivity index (χ2n) is 4.96. The fraction of sp³-hybridized carbons (Fsp3) is 0.235. The molecule has 2 rings (SSSR count). The summed E-state index contributed by atoms with van der Waals surface area (Å²) in [5.41, 5.74) is 2.67. The van der Waals surface area contributed by atoms with E-state index in [1.165, 1.54) is 24.3 Å². The molecule has 0 aliphatic heterocycles. The van der Waals surface area contributed by atoms with Gasteiger partial charge in [-0.15, -0.1) is 0 Å². The zero-order valence-corrected chi connectivity index (χ0v) is 12.7. The first-order valence-corrected chi connectivity index (χ1v) is 7.05. The Morgan fingerprint density at radius 2 is 1.73 bits per heavy atom. The molecule has 0 saturated heterocycles. The number of carbonyl (C=O) groups excluding carboxylic acids is 1. The van der Waals surface area contributed by atoms with Gasteiger partial charge in [-0.05, 0) is 49.2 Å². The molecule has 0 bridgehead atoms. The number of carbonyl (C=O) groups is 1. The van der Waals surface area contributed by atoms with Gasteiger partial charge in [-0.25, -0.2) is 9.18 Å². The molecule has 0 fully saturated rings. The smallest absolute Gasteiger partial charge is 0.319 e. The number of aryl methyl sites for hydroxylation is 2. The van der Waals surface area contributed by atoms with Crippen molar-refractivity contribution in [2.45, 2.75) is 13.8 Å². The van der Waals surface area contributed by atoms with E-state index in [1.54, 1.807) is 0 Å². The first kappa shape index (κ1) is 15.8. The summed E-state index contributed by atoms with van der Waals surface area (Å²) < 4.78 is 18.4. The molecule has 0 atom stereocenters. The van der Waals surface area contributed by atoms with Crippen LogP contribution in [-0.2, 0) is 0 Å². The Kier molecular flexibility index (Phi) is 5.36. The van der Waals surface area contributed by atoms with Gasteiger partial charge in [0.2, 0.25) is 0 Å². The standard InChI is InChI=1S/C17H19FN2O2/c1-12-4-3-5-13(2)16(12)22-11-10-19-17(21)20-15-8-6-14(18)7-9-15/h3-9H,10-11H2,1-2H3,(H2,19,20,21). The van der Waals surface area contributed by atoms with Crippen LogP contribution in [0.15, 0.2) is 42.5 Å². The van der Waals surface area contributed by atoms with Crippen molar-refractivity contribution in [1.29, 1.82) is 0 Å². The average Bonchev–Trinajstić information content (AvgIpc) is 2.48. The third-order valence-electron chi connectivity index (χ3n) is 3.14. The van der Waals surface area contributed by atoms with Crippen LogP contribution in [0, 0.1) is 19.7 Å². The number of halogens is 1. The number of urea groups is 1. The van der Waals surface area contributed by atoms with Crippen molar-refractivity contribution in [2.24, 2.45) is 0 Å². The van der Waals surface area contributed by atoms with Crippen LogP contribution in [0.2, 0.25) is 0 Å². The van der Waals surface area contributed by atoms with Gasteiger partial charge in [0, 0.05) is 5.69 Å². The summed E-state index contributed by atoms with van der Waals surface area (Å²) in [5.74, 6) is 0.510. The van der Waals surface area contributed by atoms with E-state index >= 15 is 0 Å². The lowest BCUT2D eigenvalue weighted by Crippen LogP contribution is -2.32. The molecule has 5 heteroatoms. The van der Waals surface area contributed by atoms with Crippen molar-refractivity contribution in [2.75, 3.05) is 18.5 Å². The zero-order valence-electron chi connectivity index (χ0n) is 12.7. The van der Waals surface area contributed by atoms with Crippen molar-refractivity contribution >= 4 is 11.7 Å². The fourth-order valence-electron chi connectivity index (χ4n) is 2.05. The van der Waals surface area contributed by atoms with Gasteiger partial charge in [0.05, 0.1) is 6.54 Å². The molecule has 0 saturated carbocycles. The third kappa shape index (κ3) is 4.48. The molecular weight excluding hydrogens is 283 g/mol. The van der Waals surface area contributed by atoms with Gasteiger partial charge in [-0.2, -0.15) is 0 Å². The first-order valence-electron chi connectivity index (χ1n) is 7.05. The molecule has 0 heterocycles. The molecule has 22 heavy (non-hydrogen) atoms. The summed E-state index contributed by atoms with van der Waals surface area (Å²) in [5, 5.41) is 5.30. The van der Waals surface area contributed by atoms with E-state index < -0.39 is 0 Å². The van der Waals surface area contributed by atoms with Crippen LogP contribution in [0.25, 0.3) is 0 Å². The largest absolute Gasteiger partial charge is 0.491 e. The summed E-state index contributed by atoms with van der Waals surface area (Å²) in [6.45, 7) is 4.72. The molecule has 2 aromatic rings. The van der Waals surface area contributed by atoms with E-state index in [1.807, 2.05) is 32.0 Å². The fourth-order valence-corrected chi connectivity index (χ4v) is 2.05. The number of hydrogen-bond donors (Lipinski definition) is 2. The molecule has 2 N–H and O–H groups in total. The number of benzene rings is 2. The number of para-hydroxylation sites is 1. The van der Waals surface area contributed by atoms with Gasteiger partial charge >= 0.3 is 6.03 Å². The maximum Gasteiger partial charge on any atom is 0.319 e. The molecule has 116 valence electrons. The third-order valence-corrected chi connectivity index (χ3v) is 3.14. The van der Waals surface area contributed by atoms with E-state index in [4.69, 9.17) is 4.74 Å². The highest BCUT2D eigenvalue weighted by Crippen LogP contribution is 2.21. The highest BCUT2D eigenvalue weighted by atomic mass is 19.1. The van der Waals surface area contributed by atoms with Crippen molar-refractivity contribution in [3.8, 4) is 5.75 Å². The van der Waals surface area contributed by atoms with Crippen LogP contribution in [0.3, 0.4) is 0 Å². The average molecular weight is 302 g/mol. The summed E-state index contributed by atoms with van der Waals surface area (Å²) >= 11 is 0. The summed E-state index contributed by atoms with van der Waals surface area (Å²) in [4.78, 5) is 11.7. The molecule has 4 nitrogen and oxygen atoms in total. The van der Waals surface area contributed by atoms with E-state index in [2.05, 4.69) is 10.6 Å². The molecular formula is C17H19FN2O2. The van der Waals surface area contributed by atoms with Gasteiger partial charge in [-0.3, -0.25) is 0 Å². The minimum atomic E-state index is -0.350. The minimum absolute atomic E-state index is 0.340. The van der Waals surface area contributed by atoms with E-state index in [0.717, 1.165) is 16.9 Å². The number of anilines is 1. The van der Waals surface area contributed by atoms with E-state index in [9.17, 15) is 9.18 Å². The second-order valence-corrected chi connectivity index (χ2v) is 4.96. The molecule has 0 unspecified atom stereocenters. The normalized spacial score (nSPS) is 10.1. The van der Waals surface area contributed by atoms with Gasteiger partial charge in [-0.1, -0.05) is 18.2 Å². The zero-order chi connectivity index (χ0) is 15.9. The van der Waals surface area contributed by atoms with E-state index in [-0.39, 0.29) is 11.8 Å². The quantitative estimate of drug-likeness (QED) is 0.828. The maximum absolute atomic E-state index is 12.8. The highest BCUT2D eigenvalue weighted by molar-refractivity contribution is 5.89. The summed E-state index contributed by atoms with van der Waals surface area (Å²) in [6.07, 6.45) is 0. The van der Waals surface area contributed by atoms with Gasteiger partial charge in [0.25, 0.3) is 0 Å². The van der Waals surface area contributed by atoms with Crippen molar-refractivity contribution in [3.05, 3.63) is 59.4 Å². The predicted octanol–water partition coefficient (Wildman–Crippen LogP) is 3.64. The second kappa shape index (κ2) is 7.45. The van der Waals surface area contributed by atoms with Gasteiger partial charge < -0.3 is 15.4 Å². The Morgan fingerprint density at radius 3 is 2.36 bits per heavy atom. The van der Waals surface area contributed by atoms with Crippen LogP contribution in [0.5, 0.6) is 5.75 Å². The van der Waals surface area contributed by atoms with Gasteiger partial charge in [0.15, 0.2) is 0 Å². The Morgan fingerprint density at radius 1 is 1.09 bits per heavy atom. The number of nitrogens with one attached hydrogen (secondary N) is 2. The Labute approximate surface area is 129 Å². The lowest BCUT2D eigenvalue weighted by Gasteiger charge is -2.12. The van der Waals surface area contributed by atoms with Crippen LogP contribution in [0.1, 0.15) is 11.1 Å². The molecule has 0 radical (unpaired) electrons. The van der Waals surface area contributed by atoms with Crippen LogP contribution in [-0.4, -0.2) is 19.2 Å². The molecule has 0 aliphatic rings. The molecule has 2 aromatic carbocycles. The van der Waals surface area contributed by atoms with E-state index in [0.29, 0.717) is 18.8 Å². The van der Waals surface area contributed by atoms with Crippen LogP contribution < -0.4 is 15.4 Å². The first-order chi connectivity index (χ1) is 10.6. The lowest BCUT2D eigenvalue weighted by molar-refractivity contribution is 0.247. The van der Waals surface area contributed by atoms with Gasteiger partial charge in [0.1, 0.15) is 18.2 Å². The van der Waals surface area contributed by atoms with Crippen molar-refractivity contribution in [3.63, 3.8) is 0 Å². The molecule has 2 amide bonds. The predicted molar refractivity (Wildman–Crippen MR) is 84.8 cm³/mol. The topological polar surface area (TPSA) is 50.4 Å². The van der Waals surface area contributed by atoms with Crippen molar-refractivity contribution < 1.29 is 13.9 Å². The SMILES string of the molecule is Cc1cccc(C)c1OCCNC(=O)Nc1ccc(F)cc1. The Balaban J connectivity index is 1.74. The highest BCUT2D eigenvalue weighted by Gasteiger charge is 2.04. The molecule has 0 spiro atoms. The monoisotopic (exact) mass is 302 g/mol. The number of hydrogen-bond acceptors (Lipinski definition) is 2. The number of amides is 2. The Hall–Kier alpha value is -2.56. The lowest BCUT2D eigenvalue weighted by atomic mass is 10.1. The molecule has 0 aliphatic carbocycles. The summed E-state index contributed by atoms with van der Waals surface area (Å²) in [6, 6.07) is 11.2. The Bertz CT molecular complexity index is 621.